The average Bonchev–Trinajstić information content (AvgIpc) is 2.84. The predicted molar refractivity (Wildman–Crippen MR) is 76.8 cm³/mol. The van der Waals surface area contributed by atoms with Crippen LogP contribution in [-0.4, -0.2) is 35.1 Å². The summed E-state index contributed by atoms with van der Waals surface area (Å²) < 4.78 is 5.22. The Hall–Kier alpha value is -1.98. The number of carboxylic acid groups (broad SMARTS) is 1. The van der Waals surface area contributed by atoms with Crippen molar-refractivity contribution in [3.63, 3.8) is 0 Å². The molecule has 0 aliphatic heterocycles. The number of aryl methyl sites for hydroxylation is 1. The van der Waals surface area contributed by atoms with Gasteiger partial charge in [-0.15, -0.1) is 0 Å². The molecule has 1 fully saturated rings. The molecule has 1 aliphatic rings. The van der Waals surface area contributed by atoms with E-state index in [0.717, 1.165) is 24.2 Å². The lowest BCUT2D eigenvalue weighted by molar-refractivity contribution is -0.142. The largest absolute Gasteiger partial charge is 0.481 e. The first-order valence-corrected chi connectivity index (χ1v) is 7.24. The standard InChI is InChI=1S/C15H22N2O4/c1-10-12(7-8-21-10)9-17(2)15(20)16-13-5-3-11(4-6-13)14(18)19/h7-8,11,13H,3-6,9H2,1-2H3,(H,16,20)(H,18,19). The molecule has 1 aromatic rings. The number of carbonyl (C=O) groups is 2. The highest BCUT2D eigenvalue weighted by molar-refractivity contribution is 5.74. The quantitative estimate of drug-likeness (QED) is 0.893. The van der Waals surface area contributed by atoms with E-state index in [1.807, 2.05) is 13.0 Å². The van der Waals surface area contributed by atoms with E-state index in [-0.39, 0.29) is 18.0 Å². The first kappa shape index (κ1) is 15.4. The van der Waals surface area contributed by atoms with Crippen LogP contribution in [0.4, 0.5) is 4.79 Å². The second-order valence-corrected chi connectivity index (χ2v) is 5.69. The third-order valence-electron chi connectivity index (χ3n) is 4.12. The molecular weight excluding hydrogens is 272 g/mol. The smallest absolute Gasteiger partial charge is 0.317 e. The molecule has 116 valence electrons. The summed E-state index contributed by atoms with van der Waals surface area (Å²) in [6.07, 6.45) is 4.32. The molecule has 0 radical (unpaired) electrons. The number of aliphatic carboxylic acids is 1. The van der Waals surface area contributed by atoms with Crippen LogP contribution in [0.3, 0.4) is 0 Å². The van der Waals surface area contributed by atoms with Gasteiger partial charge in [0.1, 0.15) is 5.76 Å². The van der Waals surface area contributed by atoms with Crippen LogP contribution in [0.15, 0.2) is 16.7 Å². The molecule has 0 aromatic carbocycles. The maximum atomic E-state index is 12.1. The SMILES string of the molecule is Cc1occc1CN(C)C(=O)NC1CCC(C(=O)O)CC1. The van der Waals surface area contributed by atoms with Crippen LogP contribution in [0.1, 0.15) is 37.0 Å². The molecule has 1 saturated carbocycles. The molecule has 6 nitrogen and oxygen atoms in total. The van der Waals surface area contributed by atoms with Crippen molar-refractivity contribution in [2.75, 3.05) is 7.05 Å². The Morgan fingerprint density at radius 2 is 2.05 bits per heavy atom. The molecule has 0 bridgehead atoms. The number of nitrogens with zero attached hydrogens (tertiary/aromatic N) is 1. The molecular formula is C15H22N2O4. The van der Waals surface area contributed by atoms with Crippen molar-refractivity contribution in [2.24, 2.45) is 5.92 Å². The zero-order chi connectivity index (χ0) is 15.4. The molecule has 0 unspecified atom stereocenters. The monoisotopic (exact) mass is 294 g/mol. The summed E-state index contributed by atoms with van der Waals surface area (Å²) in [5.41, 5.74) is 0.988. The van der Waals surface area contributed by atoms with Crippen molar-refractivity contribution in [1.29, 1.82) is 0 Å². The summed E-state index contributed by atoms with van der Waals surface area (Å²) in [6.45, 7) is 2.37. The van der Waals surface area contributed by atoms with Gasteiger partial charge in [-0.3, -0.25) is 4.79 Å². The molecule has 2 N–H and O–H groups in total. The minimum Gasteiger partial charge on any atom is -0.481 e. The van der Waals surface area contributed by atoms with Gasteiger partial charge in [0.15, 0.2) is 0 Å². The number of furan rings is 1. The van der Waals surface area contributed by atoms with Crippen molar-refractivity contribution in [3.8, 4) is 0 Å². The molecule has 6 heteroatoms. The van der Waals surface area contributed by atoms with Gasteiger partial charge >= 0.3 is 12.0 Å². The van der Waals surface area contributed by atoms with Gasteiger partial charge in [0.2, 0.25) is 0 Å². The van der Waals surface area contributed by atoms with Gasteiger partial charge in [-0.2, -0.15) is 0 Å². The Labute approximate surface area is 124 Å². The molecule has 1 heterocycles. The van der Waals surface area contributed by atoms with Crippen LogP contribution in [0.2, 0.25) is 0 Å². The molecule has 2 amide bonds. The molecule has 1 aliphatic carbocycles. The summed E-state index contributed by atoms with van der Waals surface area (Å²) in [4.78, 5) is 24.6. The van der Waals surface area contributed by atoms with Crippen molar-refractivity contribution in [1.82, 2.24) is 10.2 Å². The summed E-state index contributed by atoms with van der Waals surface area (Å²) in [5, 5.41) is 11.9. The number of hydrogen-bond acceptors (Lipinski definition) is 3. The fourth-order valence-electron chi connectivity index (χ4n) is 2.67. The molecule has 0 atom stereocenters. The number of carboxylic acids is 1. The van der Waals surface area contributed by atoms with E-state index in [1.165, 1.54) is 0 Å². The molecule has 0 spiro atoms. The minimum absolute atomic E-state index is 0.0704. The number of rotatable bonds is 4. The minimum atomic E-state index is -0.729. The summed E-state index contributed by atoms with van der Waals surface area (Å²) in [6, 6.07) is 1.80. The van der Waals surface area contributed by atoms with Gasteiger partial charge < -0.3 is 19.7 Å². The lowest BCUT2D eigenvalue weighted by Crippen LogP contribution is -2.44. The van der Waals surface area contributed by atoms with E-state index < -0.39 is 5.97 Å². The van der Waals surface area contributed by atoms with Gasteiger partial charge in [0.25, 0.3) is 0 Å². The maximum absolute atomic E-state index is 12.1. The highest BCUT2D eigenvalue weighted by atomic mass is 16.4. The fourth-order valence-corrected chi connectivity index (χ4v) is 2.67. The number of nitrogens with one attached hydrogen (secondary N) is 1. The lowest BCUT2D eigenvalue weighted by Gasteiger charge is -2.28. The van der Waals surface area contributed by atoms with Gasteiger partial charge in [-0.1, -0.05) is 0 Å². The van der Waals surface area contributed by atoms with E-state index in [0.29, 0.717) is 19.4 Å². The Balaban J connectivity index is 1.79. The number of hydrogen-bond donors (Lipinski definition) is 2. The van der Waals surface area contributed by atoms with Crippen molar-refractivity contribution < 1.29 is 19.1 Å². The average molecular weight is 294 g/mol. The number of amides is 2. The normalized spacial score (nSPS) is 21.8. The van der Waals surface area contributed by atoms with Crippen LogP contribution in [-0.2, 0) is 11.3 Å². The van der Waals surface area contributed by atoms with Gasteiger partial charge in [-0.25, -0.2) is 4.79 Å². The Bertz CT molecular complexity index is 504. The number of urea groups is 1. The molecule has 2 rings (SSSR count). The van der Waals surface area contributed by atoms with Crippen molar-refractivity contribution in [3.05, 3.63) is 23.7 Å². The Morgan fingerprint density at radius 3 is 2.57 bits per heavy atom. The van der Waals surface area contributed by atoms with Crippen molar-refractivity contribution >= 4 is 12.0 Å². The lowest BCUT2D eigenvalue weighted by atomic mass is 9.86. The number of carbonyl (C=O) groups excluding carboxylic acids is 1. The van der Waals surface area contributed by atoms with Crippen LogP contribution in [0.25, 0.3) is 0 Å². The second-order valence-electron chi connectivity index (χ2n) is 5.69. The fraction of sp³-hybridized carbons (Fsp3) is 0.600. The van der Waals surface area contributed by atoms with Crippen LogP contribution >= 0.6 is 0 Å². The molecule has 0 saturated heterocycles. The highest BCUT2D eigenvalue weighted by Crippen LogP contribution is 2.24. The Morgan fingerprint density at radius 1 is 1.38 bits per heavy atom. The predicted octanol–water partition coefficient (Wildman–Crippen LogP) is 2.37. The first-order chi connectivity index (χ1) is 9.97. The van der Waals surface area contributed by atoms with Gasteiger partial charge in [-0.05, 0) is 38.7 Å². The van der Waals surface area contributed by atoms with Gasteiger partial charge in [0, 0.05) is 18.7 Å². The first-order valence-electron chi connectivity index (χ1n) is 7.24. The summed E-state index contributed by atoms with van der Waals surface area (Å²) in [7, 11) is 1.74. The third-order valence-corrected chi connectivity index (χ3v) is 4.12. The second kappa shape index (κ2) is 6.65. The highest BCUT2D eigenvalue weighted by Gasteiger charge is 2.27. The molecule has 1 aromatic heterocycles. The van der Waals surface area contributed by atoms with E-state index in [1.54, 1.807) is 18.2 Å². The zero-order valence-electron chi connectivity index (χ0n) is 12.5. The van der Waals surface area contributed by atoms with Crippen molar-refractivity contribution in [2.45, 2.75) is 45.2 Å². The van der Waals surface area contributed by atoms with Crippen LogP contribution < -0.4 is 5.32 Å². The zero-order valence-corrected chi connectivity index (χ0v) is 12.5. The van der Waals surface area contributed by atoms with E-state index in [2.05, 4.69) is 5.32 Å². The summed E-state index contributed by atoms with van der Waals surface area (Å²) >= 11 is 0. The summed E-state index contributed by atoms with van der Waals surface area (Å²) in [5.74, 6) is -0.173. The maximum Gasteiger partial charge on any atom is 0.317 e. The molecule has 21 heavy (non-hydrogen) atoms. The van der Waals surface area contributed by atoms with Crippen LogP contribution in [0.5, 0.6) is 0 Å². The van der Waals surface area contributed by atoms with E-state index in [9.17, 15) is 9.59 Å². The van der Waals surface area contributed by atoms with E-state index >= 15 is 0 Å². The third kappa shape index (κ3) is 4.00. The Kier molecular flexibility index (Phi) is 4.88. The van der Waals surface area contributed by atoms with Gasteiger partial charge in [0.05, 0.1) is 18.7 Å². The topological polar surface area (TPSA) is 82.8 Å². The van der Waals surface area contributed by atoms with Crippen LogP contribution in [0, 0.1) is 12.8 Å². The van der Waals surface area contributed by atoms with E-state index in [4.69, 9.17) is 9.52 Å².